The Kier molecular flexibility index (Phi) is 7.72. The third-order valence-electron chi connectivity index (χ3n) is 5.60. The molecule has 3 atom stereocenters. The van der Waals surface area contributed by atoms with E-state index < -0.39 is 17.7 Å². The summed E-state index contributed by atoms with van der Waals surface area (Å²) in [7, 11) is 0. The van der Waals surface area contributed by atoms with Crippen LogP contribution in [0, 0.1) is 5.92 Å². The van der Waals surface area contributed by atoms with E-state index in [2.05, 4.69) is 0 Å². The molecule has 2 N–H and O–H groups in total. The smallest absolute Gasteiger partial charge is 0.342 e. The second kappa shape index (κ2) is 9.63. The van der Waals surface area contributed by atoms with Crippen molar-refractivity contribution in [2.24, 2.45) is 11.7 Å². The van der Waals surface area contributed by atoms with Gasteiger partial charge in [0.25, 0.3) is 0 Å². The summed E-state index contributed by atoms with van der Waals surface area (Å²) in [6.45, 7) is 3.24. The summed E-state index contributed by atoms with van der Waals surface area (Å²) in [6, 6.07) is 15.4. The summed E-state index contributed by atoms with van der Waals surface area (Å²) in [5.74, 6) is -0.323. The maximum Gasteiger partial charge on any atom is 0.416 e. The zero-order valence-corrected chi connectivity index (χ0v) is 17.0. The Morgan fingerprint density at radius 1 is 1.10 bits per heavy atom. The number of hydrogen-bond acceptors (Lipinski definition) is 2. The van der Waals surface area contributed by atoms with Gasteiger partial charge in [-0.15, -0.1) is 12.4 Å². The maximum atomic E-state index is 13.3. The van der Waals surface area contributed by atoms with Crippen molar-refractivity contribution in [3.8, 4) is 0 Å². The molecule has 7 heteroatoms. The summed E-state index contributed by atoms with van der Waals surface area (Å²) < 4.78 is 39.8. The van der Waals surface area contributed by atoms with Crippen LogP contribution in [0.4, 0.5) is 13.2 Å². The van der Waals surface area contributed by atoms with Gasteiger partial charge in [-0.3, -0.25) is 4.79 Å². The number of nitrogens with zero attached hydrogens (tertiary/aromatic N) is 1. The van der Waals surface area contributed by atoms with E-state index in [0.717, 1.165) is 11.6 Å². The predicted molar refractivity (Wildman–Crippen MR) is 110 cm³/mol. The lowest BCUT2D eigenvalue weighted by atomic mass is 9.89. The van der Waals surface area contributed by atoms with Crippen LogP contribution in [0.2, 0.25) is 0 Å². The average molecular weight is 427 g/mol. The first-order valence-electron chi connectivity index (χ1n) is 9.50. The van der Waals surface area contributed by atoms with E-state index in [1.54, 1.807) is 17.9 Å². The summed E-state index contributed by atoms with van der Waals surface area (Å²) in [4.78, 5) is 14.6. The lowest BCUT2D eigenvalue weighted by Gasteiger charge is -2.22. The number of carbonyl (C=O) groups is 1. The Bertz CT molecular complexity index is 813. The summed E-state index contributed by atoms with van der Waals surface area (Å²) >= 11 is 0. The third-order valence-corrected chi connectivity index (χ3v) is 5.60. The number of alkyl halides is 3. The highest BCUT2D eigenvalue weighted by Gasteiger charge is 2.37. The van der Waals surface area contributed by atoms with Gasteiger partial charge in [-0.2, -0.15) is 13.2 Å². The summed E-state index contributed by atoms with van der Waals surface area (Å²) in [5, 5.41) is 0. The highest BCUT2D eigenvalue weighted by molar-refractivity contribution is 5.85. The molecule has 2 aromatic carbocycles. The van der Waals surface area contributed by atoms with Crippen molar-refractivity contribution < 1.29 is 18.0 Å². The van der Waals surface area contributed by atoms with Crippen molar-refractivity contribution in [2.75, 3.05) is 19.6 Å². The van der Waals surface area contributed by atoms with Crippen molar-refractivity contribution in [1.29, 1.82) is 0 Å². The van der Waals surface area contributed by atoms with Gasteiger partial charge in [-0.05, 0) is 35.6 Å². The standard InChI is InChI=1S/C22H25F3N2O.ClH/c1-15(18-9-5-6-10-20(18)22(23,24)25)11-21(28)27-13-17(12-26)19(14-27)16-7-3-2-4-8-16;/h2-10,15,17,19H,11-14,26H2,1H3;1H/t15?,17-,19+;/m1./s1. The van der Waals surface area contributed by atoms with Crippen molar-refractivity contribution in [1.82, 2.24) is 4.90 Å². The van der Waals surface area contributed by atoms with Crippen LogP contribution >= 0.6 is 12.4 Å². The zero-order chi connectivity index (χ0) is 20.3. The lowest BCUT2D eigenvalue weighted by molar-refractivity contribution is -0.139. The summed E-state index contributed by atoms with van der Waals surface area (Å²) in [6.07, 6.45) is -4.38. The van der Waals surface area contributed by atoms with Gasteiger partial charge in [0.1, 0.15) is 0 Å². The van der Waals surface area contributed by atoms with E-state index in [0.29, 0.717) is 19.6 Å². The average Bonchev–Trinajstić information content (AvgIpc) is 3.12. The molecule has 1 aliphatic rings. The molecule has 1 fully saturated rings. The second-order valence-electron chi connectivity index (χ2n) is 7.50. The minimum Gasteiger partial charge on any atom is -0.342 e. The number of halogens is 4. The van der Waals surface area contributed by atoms with Gasteiger partial charge in [-0.25, -0.2) is 0 Å². The number of likely N-dealkylation sites (tertiary alicyclic amines) is 1. The Hall–Kier alpha value is -2.05. The number of hydrogen-bond donors (Lipinski definition) is 1. The predicted octanol–water partition coefficient (Wildman–Crippen LogP) is 4.82. The van der Waals surface area contributed by atoms with E-state index in [-0.39, 0.29) is 42.1 Å². The normalized spacial score (nSPS) is 20.2. The number of amides is 1. The molecule has 3 nitrogen and oxygen atoms in total. The van der Waals surface area contributed by atoms with E-state index in [4.69, 9.17) is 5.73 Å². The number of benzene rings is 2. The highest BCUT2D eigenvalue weighted by Crippen LogP contribution is 2.37. The number of nitrogens with two attached hydrogens (primary N) is 1. The molecule has 29 heavy (non-hydrogen) atoms. The Labute approximate surface area is 175 Å². The number of carbonyl (C=O) groups excluding carboxylic acids is 1. The fraction of sp³-hybridized carbons (Fsp3) is 0.409. The van der Waals surface area contributed by atoms with Crippen LogP contribution in [0.1, 0.15) is 41.9 Å². The van der Waals surface area contributed by atoms with Crippen molar-refractivity contribution in [3.63, 3.8) is 0 Å². The molecule has 158 valence electrons. The molecule has 2 aromatic rings. The first-order valence-corrected chi connectivity index (χ1v) is 9.50. The van der Waals surface area contributed by atoms with E-state index >= 15 is 0 Å². The molecule has 0 aliphatic carbocycles. The molecule has 1 amide bonds. The van der Waals surface area contributed by atoms with Gasteiger partial charge < -0.3 is 10.6 Å². The first kappa shape index (κ1) is 23.2. The van der Waals surface area contributed by atoms with Gasteiger partial charge in [-0.1, -0.05) is 55.5 Å². The zero-order valence-electron chi connectivity index (χ0n) is 16.2. The van der Waals surface area contributed by atoms with Gasteiger partial charge in [0.2, 0.25) is 5.91 Å². The van der Waals surface area contributed by atoms with Crippen LogP contribution in [0.25, 0.3) is 0 Å². The molecule has 0 spiro atoms. The van der Waals surface area contributed by atoms with Crippen LogP contribution in [-0.4, -0.2) is 30.4 Å². The quantitative estimate of drug-likeness (QED) is 0.744. The Balaban J connectivity index is 0.00000300. The van der Waals surface area contributed by atoms with Gasteiger partial charge in [0.15, 0.2) is 0 Å². The molecule has 1 heterocycles. The van der Waals surface area contributed by atoms with Gasteiger partial charge in [0.05, 0.1) is 5.56 Å². The highest BCUT2D eigenvalue weighted by atomic mass is 35.5. The molecule has 0 saturated carbocycles. The van der Waals surface area contributed by atoms with Crippen LogP contribution in [0.5, 0.6) is 0 Å². The molecular weight excluding hydrogens is 401 g/mol. The Morgan fingerprint density at radius 3 is 2.34 bits per heavy atom. The number of rotatable bonds is 5. The van der Waals surface area contributed by atoms with Crippen LogP contribution < -0.4 is 5.73 Å². The lowest BCUT2D eigenvalue weighted by Crippen LogP contribution is -2.30. The Morgan fingerprint density at radius 2 is 1.72 bits per heavy atom. The van der Waals surface area contributed by atoms with Gasteiger partial charge >= 0.3 is 6.18 Å². The fourth-order valence-corrected chi connectivity index (χ4v) is 4.08. The SMILES string of the molecule is CC(CC(=O)N1C[C@@H](CN)[C@H](c2ccccc2)C1)c1ccccc1C(F)(F)F.Cl. The molecule has 0 bridgehead atoms. The minimum absolute atomic E-state index is 0. The van der Waals surface area contributed by atoms with Crippen LogP contribution in [0.3, 0.4) is 0 Å². The monoisotopic (exact) mass is 426 g/mol. The molecule has 1 aliphatic heterocycles. The van der Waals surface area contributed by atoms with Crippen LogP contribution in [-0.2, 0) is 11.0 Å². The fourth-order valence-electron chi connectivity index (χ4n) is 4.08. The van der Waals surface area contributed by atoms with Crippen molar-refractivity contribution in [2.45, 2.75) is 31.4 Å². The van der Waals surface area contributed by atoms with Gasteiger partial charge in [0, 0.05) is 25.4 Å². The molecule has 1 saturated heterocycles. The third kappa shape index (κ3) is 5.31. The minimum atomic E-state index is -4.43. The van der Waals surface area contributed by atoms with E-state index in [1.807, 2.05) is 30.3 Å². The summed E-state index contributed by atoms with van der Waals surface area (Å²) in [5.41, 5.74) is 6.56. The topological polar surface area (TPSA) is 46.3 Å². The maximum absolute atomic E-state index is 13.3. The van der Waals surface area contributed by atoms with E-state index in [1.165, 1.54) is 12.1 Å². The molecule has 1 unspecified atom stereocenters. The second-order valence-corrected chi connectivity index (χ2v) is 7.50. The largest absolute Gasteiger partial charge is 0.416 e. The van der Waals surface area contributed by atoms with Crippen molar-refractivity contribution in [3.05, 3.63) is 71.3 Å². The molecule has 3 rings (SSSR count). The van der Waals surface area contributed by atoms with Crippen LogP contribution in [0.15, 0.2) is 54.6 Å². The molecular formula is C22H26ClF3N2O. The van der Waals surface area contributed by atoms with Crippen molar-refractivity contribution >= 4 is 18.3 Å². The molecule has 0 aromatic heterocycles. The van der Waals surface area contributed by atoms with E-state index in [9.17, 15) is 18.0 Å². The first-order chi connectivity index (χ1) is 13.3. The molecule has 0 radical (unpaired) electrons.